The van der Waals surface area contributed by atoms with Crippen molar-refractivity contribution in [2.45, 2.75) is 6.92 Å². The summed E-state index contributed by atoms with van der Waals surface area (Å²) in [5.74, 6) is 0.551. The van der Waals surface area contributed by atoms with Gasteiger partial charge < -0.3 is 10.1 Å². The molecule has 0 aliphatic heterocycles. The Morgan fingerprint density at radius 3 is 2.94 bits per heavy atom. The van der Waals surface area contributed by atoms with E-state index < -0.39 is 0 Å². The number of aryl methyl sites for hydroxylation is 1. The van der Waals surface area contributed by atoms with Crippen molar-refractivity contribution >= 4 is 11.5 Å². The monoisotopic (exact) mass is 224 g/mol. The van der Waals surface area contributed by atoms with Crippen molar-refractivity contribution in [3.8, 4) is 11.1 Å². The number of rotatable bonds is 1. The summed E-state index contributed by atoms with van der Waals surface area (Å²) in [6.45, 7) is 2.03. The van der Waals surface area contributed by atoms with Crippen LogP contribution in [0.5, 0.6) is 0 Å². The second kappa shape index (κ2) is 3.59. The Balaban J connectivity index is 2.19. The molecule has 0 aliphatic rings. The Morgan fingerprint density at radius 1 is 1.24 bits per heavy atom. The van der Waals surface area contributed by atoms with Gasteiger partial charge in [-0.05, 0) is 30.7 Å². The molecule has 0 radical (unpaired) electrons. The lowest BCUT2D eigenvalue weighted by atomic mass is 10.1. The number of pyridine rings is 2. The van der Waals surface area contributed by atoms with Gasteiger partial charge in [0.1, 0.15) is 11.5 Å². The lowest BCUT2D eigenvalue weighted by Crippen LogP contribution is -1.93. The smallest absolute Gasteiger partial charge is 0.136 e. The molecule has 3 aromatic heterocycles. The third-order valence-corrected chi connectivity index (χ3v) is 2.83. The first-order valence-corrected chi connectivity index (χ1v) is 5.39. The van der Waals surface area contributed by atoms with Gasteiger partial charge in [0, 0.05) is 35.9 Å². The molecule has 0 aliphatic carbocycles. The molecule has 0 atom stereocenters. The molecule has 17 heavy (non-hydrogen) atoms. The van der Waals surface area contributed by atoms with Crippen LogP contribution in [0.3, 0.4) is 0 Å². The quantitative estimate of drug-likeness (QED) is 0.690. The van der Waals surface area contributed by atoms with Crippen molar-refractivity contribution in [2.75, 3.05) is 5.73 Å². The van der Waals surface area contributed by atoms with Crippen molar-refractivity contribution < 1.29 is 0 Å². The Hall–Kier alpha value is -2.36. The van der Waals surface area contributed by atoms with E-state index in [1.807, 2.05) is 48.1 Å². The molecule has 0 spiro atoms. The Bertz CT molecular complexity index is 685. The van der Waals surface area contributed by atoms with Crippen LogP contribution in [-0.2, 0) is 0 Å². The fourth-order valence-electron chi connectivity index (χ4n) is 1.96. The van der Waals surface area contributed by atoms with E-state index in [2.05, 4.69) is 9.97 Å². The molecule has 0 unspecified atom stereocenters. The van der Waals surface area contributed by atoms with Gasteiger partial charge in [0.05, 0.1) is 0 Å². The number of nitrogens with zero attached hydrogens (tertiary/aromatic N) is 3. The molecule has 84 valence electrons. The van der Waals surface area contributed by atoms with Gasteiger partial charge in [-0.25, -0.2) is 9.97 Å². The first-order valence-electron chi connectivity index (χ1n) is 5.39. The lowest BCUT2D eigenvalue weighted by Gasteiger charge is -2.06. The molecule has 0 amide bonds. The van der Waals surface area contributed by atoms with Crippen LogP contribution in [-0.4, -0.2) is 14.4 Å². The zero-order chi connectivity index (χ0) is 11.8. The zero-order valence-corrected chi connectivity index (χ0v) is 9.46. The maximum Gasteiger partial charge on any atom is 0.136 e. The highest BCUT2D eigenvalue weighted by molar-refractivity contribution is 5.68. The fourth-order valence-corrected chi connectivity index (χ4v) is 1.96. The van der Waals surface area contributed by atoms with Crippen LogP contribution >= 0.6 is 0 Å². The SMILES string of the molecule is Cc1cc(N)ncc1-c1ccc2nccn2c1. The van der Waals surface area contributed by atoms with Gasteiger partial charge in [-0.15, -0.1) is 0 Å². The van der Waals surface area contributed by atoms with E-state index in [1.165, 1.54) is 0 Å². The Morgan fingerprint density at radius 2 is 2.12 bits per heavy atom. The van der Waals surface area contributed by atoms with Crippen molar-refractivity contribution in [3.05, 3.63) is 48.5 Å². The minimum Gasteiger partial charge on any atom is -0.384 e. The second-order valence-electron chi connectivity index (χ2n) is 4.03. The minimum atomic E-state index is 0.551. The summed E-state index contributed by atoms with van der Waals surface area (Å²) < 4.78 is 1.99. The van der Waals surface area contributed by atoms with E-state index in [1.54, 1.807) is 6.20 Å². The summed E-state index contributed by atoms with van der Waals surface area (Å²) in [6.07, 6.45) is 7.57. The first kappa shape index (κ1) is 9.84. The van der Waals surface area contributed by atoms with E-state index in [0.29, 0.717) is 5.82 Å². The summed E-state index contributed by atoms with van der Waals surface area (Å²) >= 11 is 0. The number of nitrogens with two attached hydrogens (primary N) is 1. The van der Waals surface area contributed by atoms with E-state index >= 15 is 0 Å². The fraction of sp³-hybridized carbons (Fsp3) is 0.0769. The van der Waals surface area contributed by atoms with Gasteiger partial charge in [-0.3, -0.25) is 0 Å². The topological polar surface area (TPSA) is 56.2 Å². The van der Waals surface area contributed by atoms with Gasteiger partial charge in [-0.2, -0.15) is 0 Å². The minimum absolute atomic E-state index is 0.551. The number of anilines is 1. The molecule has 0 saturated heterocycles. The third-order valence-electron chi connectivity index (χ3n) is 2.83. The number of nitrogen functional groups attached to an aromatic ring is 1. The zero-order valence-electron chi connectivity index (χ0n) is 9.46. The molecule has 0 saturated carbocycles. The molecule has 3 rings (SSSR count). The predicted molar refractivity (Wildman–Crippen MR) is 67.6 cm³/mol. The number of aromatic nitrogens is 3. The molecule has 0 bridgehead atoms. The van der Waals surface area contributed by atoms with Crippen LogP contribution in [0, 0.1) is 6.92 Å². The van der Waals surface area contributed by atoms with Crippen molar-refractivity contribution in [1.82, 2.24) is 14.4 Å². The van der Waals surface area contributed by atoms with E-state index in [9.17, 15) is 0 Å². The molecule has 4 heteroatoms. The number of imidazole rings is 1. The van der Waals surface area contributed by atoms with Gasteiger partial charge >= 0.3 is 0 Å². The Kier molecular flexibility index (Phi) is 2.08. The first-order chi connectivity index (χ1) is 8.24. The molecule has 2 N–H and O–H groups in total. The number of hydrogen-bond donors (Lipinski definition) is 1. The average Bonchev–Trinajstić information content (AvgIpc) is 2.75. The summed E-state index contributed by atoms with van der Waals surface area (Å²) in [7, 11) is 0. The van der Waals surface area contributed by atoms with Gasteiger partial charge in [-0.1, -0.05) is 0 Å². The Labute approximate surface area is 98.8 Å². The highest BCUT2D eigenvalue weighted by Crippen LogP contribution is 2.23. The number of fused-ring (bicyclic) bond motifs is 1. The standard InChI is InChI=1S/C13H12N4/c1-9-6-12(14)16-7-11(9)10-2-3-13-15-4-5-17(13)8-10/h2-8H,1H3,(H2,14,16). The largest absolute Gasteiger partial charge is 0.384 e. The predicted octanol–water partition coefficient (Wildman–Crippen LogP) is 2.29. The maximum absolute atomic E-state index is 5.65. The molecular formula is C13H12N4. The van der Waals surface area contributed by atoms with Crippen LogP contribution in [0.1, 0.15) is 5.56 Å². The van der Waals surface area contributed by atoms with E-state index in [-0.39, 0.29) is 0 Å². The van der Waals surface area contributed by atoms with Crippen LogP contribution in [0.2, 0.25) is 0 Å². The van der Waals surface area contributed by atoms with Crippen molar-refractivity contribution in [2.24, 2.45) is 0 Å². The average molecular weight is 224 g/mol. The lowest BCUT2D eigenvalue weighted by molar-refractivity contribution is 1.18. The summed E-state index contributed by atoms with van der Waals surface area (Å²) in [5, 5.41) is 0. The third kappa shape index (κ3) is 1.63. The van der Waals surface area contributed by atoms with E-state index in [4.69, 9.17) is 5.73 Å². The van der Waals surface area contributed by atoms with Crippen molar-refractivity contribution in [3.63, 3.8) is 0 Å². The summed E-state index contributed by atoms with van der Waals surface area (Å²) in [4.78, 5) is 8.35. The van der Waals surface area contributed by atoms with Crippen molar-refractivity contribution in [1.29, 1.82) is 0 Å². The second-order valence-corrected chi connectivity index (χ2v) is 4.03. The highest BCUT2D eigenvalue weighted by Gasteiger charge is 2.04. The molecule has 0 fully saturated rings. The number of hydrogen-bond acceptors (Lipinski definition) is 3. The molecule has 3 aromatic rings. The van der Waals surface area contributed by atoms with Crippen LogP contribution < -0.4 is 5.73 Å². The maximum atomic E-state index is 5.65. The van der Waals surface area contributed by atoms with Gasteiger partial charge in [0.15, 0.2) is 0 Å². The molecule has 3 heterocycles. The summed E-state index contributed by atoms with van der Waals surface area (Å²) in [6, 6.07) is 5.92. The van der Waals surface area contributed by atoms with Gasteiger partial charge in [0.2, 0.25) is 0 Å². The van der Waals surface area contributed by atoms with Crippen LogP contribution in [0.25, 0.3) is 16.8 Å². The van der Waals surface area contributed by atoms with Gasteiger partial charge in [0.25, 0.3) is 0 Å². The molecule has 4 nitrogen and oxygen atoms in total. The van der Waals surface area contributed by atoms with E-state index in [0.717, 1.165) is 22.3 Å². The van der Waals surface area contributed by atoms with Crippen LogP contribution in [0.15, 0.2) is 43.0 Å². The molecule has 0 aromatic carbocycles. The highest BCUT2D eigenvalue weighted by atomic mass is 15.0. The normalized spacial score (nSPS) is 10.9. The molecular weight excluding hydrogens is 212 g/mol. The summed E-state index contributed by atoms with van der Waals surface area (Å²) in [5.41, 5.74) is 9.92. The van der Waals surface area contributed by atoms with Crippen LogP contribution in [0.4, 0.5) is 5.82 Å².